The van der Waals surface area contributed by atoms with E-state index in [0.717, 1.165) is 10.2 Å². The highest BCUT2D eigenvalue weighted by Crippen LogP contribution is 2.25. The van der Waals surface area contributed by atoms with Gasteiger partial charge < -0.3 is 9.32 Å². The molecule has 2 rings (SSSR count). The summed E-state index contributed by atoms with van der Waals surface area (Å²) in [6.45, 7) is 0. The summed E-state index contributed by atoms with van der Waals surface area (Å²) in [4.78, 5) is 13.9. The van der Waals surface area contributed by atoms with Crippen LogP contribution in [0.4, 0.5) is 5.69 Å². The van der Waals surface area contributed by atoms with Crippen LogP contribution in [0, 0.1) is 0 Å². The third kappa shape index (κ3) is 4.18. The fourth-order valence-corrected chi connectivity index (χ4v) is 2.18. The standard InChI is InChI=1S/C14H13Br2N3O2/c1-19(2)10-5-3-4-9(6-10)14(20)18-17-8-11-7-12(15)13(16)21-11/h3-8H,1-2H3,(H,18,20). The van der Waals surface area contributed by atoms with E-state index in [4.69, 9.17) is 4.42 Å². The maximum Gasteiger partial charge on any atom is 0.271 e. The van der Waals surface area contributed by atoms with Crippen LogP contribution in [-0.2, 0) is 0 Å². The Morgan fingerprint density at radius 1 is 1.33 bits per heavy atom. The normalized spacial score (nSPS) is 10.9. The summed E-state index contributed by atoms with van der Waals surface area (Å²) >= 11 is 6.53. The van der Waals surface area contributed by atoms with E-state index in [1.807, 2.05) is 31.1 Å². The Bertz CT molecular complexity index is 661. The van der Waals surface area contributed by atoms with E-state index in [-0.39, 0.29) is 5.91 Å². The highest BCUT2D eigenvalue weighted by molar-refractivity contribution is 9.13. The van der Waals surface area contributed by atoms with Gasteiger partial charge in [0.25, 0.3) is 5.91 Å². The van der Waals surface area contributed by atoms with Crippen LogP contribution in [0.1, 0.15) is 16.1 Å². The lowest BCUT2D eigenvalue weighted by Gasteiger charge is -2.12. The molecule has 0 bridgehead atoms. The van der Waals surface area contributed by atoms with Gasteiger partial charge in [-0.05, 0) is 50.1 Å². The fraction of sp³-hybridized carbons (Fsp3) is 0.143. The zero-order valence-electron chi connectivity index (χ0n) is 11.4. The second kappa shape index (κ2) is 6.91. The summed E-state index contributed by atoms with van der Waals surface area (Å²) in [5, 5.41) is 3.87. The summed E-state index contributed by atoms with van der Waals surface area (Å²) in [5.41, 5.74) is 3.96. The van der Waals surface area contributed by atoms with Crippen LogP contribution in [0.3, 0.4) is 0 Å². The molecule has 2 aromatic rings. The molecule has 1 heterocycles. The first-order valence-electron chi connectivity index (χ1n) is 6.03. The first-order valence-corrected chi connectivity index (χ1v) is 7.61. The van der Waals surface area contributed by atoms with Crippen LogP contribution in [0.15, 0.2) is 49.0 Å². The topological polar surface area (TPSA) is 57.8 Å². The van der Waals surface area contributed by atoms with Crippen LogP contribution in [0.25, 0.3) is 0 Å². The molecule has 1 aromatic heterocycles. The van der Waals surface area contributed by atoms with Gasteiger partial charge in [0.05, 0.1) is 10.7 Å². The van der Waals surface area contributed by atoms with Crippen LogP contribution in [-0.4, -0.2) is 26.2 Å². The molecule has 0 aliphatic carbocycles. The molecule has 0 aliphatic rings. The van der Waals surface area contributed by atoms with Crippen molar-refractivity contribution in [3.63, 3.8) is 0 Å². The SMILES string of the molecule is CN(C)c1cccc(C(=O)NN=Cc2cc(Br)c(Br)o2)c1. The fourth-order valence-electron chi connectivity index (χ4n) is 1.57. The van der Waals surface area contributed by atoms with Crippen LogP contribution < -0.4 is 10.3 Å². The number of anilines is 1. The van der Waals surface area contributed by atoms with Crippen LogP contribution in [0.2, 0.25) is 0 Å². The number of carbonyl (C=O) groups is 1. The number of benzene rings is 1. The third-order valence-corrected chi connectivity index (χ3v) is 4.36. The molecule has 7 heteroatoms. The van der Waals surface area contributed by atoms with Gasteiger partial charge in [-0.1, -0.05) is 6.07 Å². The van der Waals surface area contributed by atoms with E-state index in [1.54, 1.807) is 18.2 Å². The molecular formula is C14H13Br2N3O2. The second-order valence-corrected chi connectivity index (χ2v) is 5.99. The monoisotopic (exact) mass is 413 g/mol. The predicted molar refractivity (Wildman–Crippen MR) is 89.9 cm³/mol. The number of hydrazone groups is 1. The van der Waals surface area contributed by atoms with Gasteiger partial charge in [-0.25, -0.2) is 5.43 Å². The quantitative estimate of drug-likeness (QED) is 0.613. The second-order valence-electron chi connectivity index (χ2n) is 4.41. The lowest BCUT2D eigenvalue weighted by atomic mass is 10.2. The van der Waals surface area contributed by atoms with E-state index in [0.29, 0.717) is 16.0 Å². The summed E-state index contributed by atoms with van der Waals surface area (Å²) in [6, 6.07) is 9.03. The summed E-state index contributed by atoms with van der Waals surface area (Å²) in [6.07, 6.45) is 1.43. The van der Waals surface area contributed by atoms with Crippen molar-refractivity contribution in [2.24, 2.45) is 5.10 Å². The molecule has 0 aliphatic heterocycles. The molecule has 0 saturated carbocycles. The number of amides is 1. The van der Waals surface area contributed by atoms with Crippen LogP contribution in [0.5, 0.6) is 0 Å². The minimum atomic E-state index is -0.278. The van der Waals surface area contributed by atoms with Gasteiger partial charge in [-0.15, -0.1) is 0 Å². The molecule has 0 radical (unpaired) electrons. The minimum absolute atomic E-state index is 0.278. The zero-order valence-corrected chi connectivity index (χ0v) is 14.6. The average Bonchev–Trinajstić information content (AvgIpc) is 2.77. The molecule has 5 nitrogen and oxygen atoms in total. The lowest BCUT2D eigenvalue weighted by molar-refractivity contribution is 0.0955. The number of halogens is 2. The Morgan fingerprint density at radius 3 is 2.71 bits per heavy atom. The highest BCUT2D eigenvalue weighted by atomic mass is 79.9. The van der Waals surface area contributed by atoms with Gasteiger partial charge in [0.1, 0.15) is 5.76 Å². The third-order valence-electron chi connectivity index (χ3n) is 2.65. The van der Waals surface area contributed by atoms with Crippen LogP contribution >= 0.6 is 31.9 Å². The molecule has 110 valence electrons. The van der Waals surface area contributed by atoms with E-state index in [9.17, 15) is 4.79 Å². The molecule has 1 aromatic carbocycles. The number of hydrogen-bond donors (Lipinski definition) is 1. The Balaban J connectivity index is 2.03. The van der Waals surface area contributed by atoms with E-state index in [2.05, 4.69) is 42.4 Å². The predicted octanol–water partition coefficient (Wildman–Crippen LogP) is 3.63. The Kier molecular flexibility index (Phi) is 5.19. The van der Waals surface area contributed by atoms with E-state index >= 15 is 0 Å². The number of nitrogens with zero attached hydrogens (tertiary/aromatic N) is 2. The van der Waals surface area contributed by atoms with Gasteiger partial charge >= 0.3 is 0 Å². The number of carbonyl (C=O) groups excluding carboxylic acids is 1. The Labute approximate surface area is 139 Å². The summed E-state index contributed by atoms with van der Waals surface area (Å²) in [7, 11) is 3.84. The minimum Gasteiger partial charge on any atom is -0.447 e. The number of furan rings is 1. The van der Waals surface area contributed by atoms with Crippen molar-refractivity contribution >= 4 is 49.7 Å². The molecule has 0 unspecified atom stereocenters. The number of hydrogen-bond acceptors (Lipinski definition) is 4. The van der Waals surface area contributed by atoms with E-state index in [1.165, 1.54) is 6.21 Å². The van der Waals surface area contributed by atoms with Gasteiger partial charge in [0.2, 0.25) is 0 Å². The smallest absolute Gasteiger partial charge is 0.271 e. The van der Waals surface area contributed by atoms with Gasteiger partial charge in [-0.2, -0.15) is 5.10 Å². The Morgan fingerprint density at radius 2 is 2.10 bits per heavy atom. The van der Waals surface area contributed by atoms with Gasteiger partial charge in [-0.3, -0.25) is 4.79 Å². The van der Waals surface area contributed by atoms with Crippen molar-refractivity contribution in [3.8, 4) is 0 Å². The van der Waals surface area contributed by atoms with Crippen molar-refractivity contribution in [2.45, 2.75) is 0 Å². The van der Waals surface area contributed by atoms with Crippen molar-refractivity contribution < 1.29 is 9.21 Å². The van der Waals surface area contributed by atoms with Crippen molar-refractivity contribution in [1.29, 1.82) is 0 Å². The molecular weight excluding hydrogens is 402 g/mol. The number of nitrogens with one attached hydrogen (secondary N) is 1. The molecule has 0 fully saturated rings. The molecule has 0 saturated heterocycles. The largest absolute Gasteiger partial charge is 0.447 e. The molecule has 1 N–H and O–H groups in total. The van der Waals surface area contributed by atoms with E-state index < -0.39 is 0 Å². The average molecular weight is 415 g/mol. The zero-order chi connectivity index (χ0) is 15.4. The molecule has 1 amide bonds. The maximum absolute atomic E-state index is 12.0. The molecule has 0 spiro atoms. The molecule has 0 atom stereocenters. The number of rotatable bonds is 4. The van der Waals surface area contributed by atoms with Crippen molar-refractivity contribution in [1.82, 2.24) is 5.43 Å². The first-order chi connectivity index (χ1) is 9.97. The van der Waals surface area contributed by atoms with Gasteiger partial charge in [0.15, 0.2) is 4.67 Å². The summed E-state index contributed by atoms with van der Waals surface area (Å²) in [5.74, 6) is 0.246. The Hall–Kier alpha value is -1.60. The summed E-state index contributed by atoms with van der Waals surface area (Å²) < 4.78 is 6.68. The van der Waals surface area contributed by atoms with Crippen molar-refractivity contribution in [2.75, 3.05) is 19.0 Å². The highest BCUT2D eigenvalue weighted by Gasteiger charge is 2.07. The first kappa shape index (κ1) is 15.8. The van der Waals surface area contributed by atoms with Gasteiger partial charge in [0, 0.05) is 31.4 Å². The van der Waals surface area contributed by atoms with Crippen molar-refractivity contribution in [3.05, 3.63) is 50.8 Å². The molecule has 21 heavy (non-hydrogen) atoms. The maximum atomic E-state index is 12.0. The lowest BCUT2D eigenvalue weighted by Crippen LogP contribution is -2.18.